The van der Waals surface area contributed by atoms with Crippen LogP contribution < -0.4 is 0 Å². The van der Waals surface area contributed by atoms with Crippen LogP contribution in [0.25, 0.3) is 0 Å². The Bertz CT molecular complexity index is 58.6. The molecule has 0 atom stereocenters. The number of ether oxygens (including phenoxy) is 1. The van der Waals surface area contributed by atoms with Gasteiger partial charge < -0.3 is 9.64 Å². The zero-order chi connectivity index (χ0) is 7.82. The first-order chi connectivity index (χ1) is 4.89. The molecule has 0 aromatic carbocycles. The van der Waals surface area contributed by atoms with Crippen molar-refractivity contribution >= 4 is 0 Å². The molecule has 11 heavy (non-hydrogen) atoms. The summed E-state index contributed by atoms with van der Waals surface area (Å²) in [5.41, 5.74) is 0. The SMILES string of the molecule is C.CC.CN1CCCOCC1. The smallest absolute Gasteiger partial charge is 0.0593 e. The molecule has 70 valence electrons. The van der Waals surface area contributed by atoms with E-state index in [2.05, 4.69) is 11.9 Å². The molecule has 0 bridgehead atoms. The van der Waals surface area contributed by atoms with Crippen molar-refractivity contribution in [2.24, 2.45) is 0 Å². The largest absolute Gasteiger partial charge is 0.380 e. The molecule has 2 heteroatoms. The predicted molar refractivity (Wildman–Crippen MR) is 51.0 cm³/mol. The highest BCUT2D eigenvalue weighted by Crippen LogP contribution is 1.93. The van der Waals surface area contributed by atoms with Gasteiger partial charge in [0.25, 0.3) is 0 Å². The van der Waals surface area contributed by atoms with Crippen LogP contribution in [0.1, 0.15) is 27.7 Å². The molecule has 1 saturated heterocycles. The van der Waals surface area contributed by atoms with Gasteiger partial charge in [0.05, 0.1) is 6.61 Å². The zero-order valence-electron chi connectivity index (χ0n) is 7.39. The van der Waals surface area contributed by atoms with Gasteiger partial charge in [-0.25, -0.2) is 0 Å². The molecule has 0 spiro atoms. The highest BCUT2D eigenvalue weighted by molar-refractivity contribution is 4.53. The third kappa shape index (κ3) is 7.82. The van der Waals surface area contributed by atoms with Gasteiger partial charge in [-0.15, -0.1) is 0 Å². The minimum atomic E-state index is 0. The van der Waals surface area contributed by atoms with E-state index in [0.29, 0.717) is 0 Å². The number of rotatable bonds is 0. The van der Waals surface area contributed by atoms with Crippen molar-refractivity contribution in [2.75, 3.05) is 33.4 Å². The van der Waals surface area contributed by atoms with Gasteiger partial charge in [-0.05, 0) is 13.5 Å². The minimum absolute atomic E-state index is 0. The summed E-state index contributed by atoms with van der Waals surface area (Å²) in [5, 5.41) is 0. The number of likely N-dealkylation sites (N-methyl/N-ethyl adjacent to an activating group) is 1. The Hall–Kier alpha value is -0.0800. The second-order valence-corrected chi connectivity index (χ2v) is 2.27. The monoisotopic (exact) mass is 161 g/mol. The fourth-order valence-corrected chi connectivity index (χ4v) is 0.871. The summed E-state index contributed by atoms with van der Waals surface area (Å²) in [6.45, 7) is 8.15. The van der Waals surface area contributed by atoms with E-state index in [1.807, 2.05) is 13.8 Å². The second-order valence-electron chi connectivity index (χ2n) is 2.27. The van der Waals surface area contributed by atoms with E-state index in [-0.39, 0.29) is 7.43 Å². The number of hydrogen-bond donors (Lipinski definition) is 0. The first-order valence-electron chi connectivity index (χ1n) is 4.16. The van der Waals surface area contributed by atoms with Gasteiger partial charge in [0.1, 0.15) is 0 Å². The lowest BCUT2D eigenvalue weighted by atomic mass is 10.4. The fourth-order valence-electron chi connectivity index (χ4n) is 0.871. The molecular formula is C9H23NO. The molecule has 2 nitrogen and oxygen atoms in total. The van der Waals surface area contributed by atoms with Gasteiger partial charge >= 0.3 is 0 Å². The maximum atomic E-state index is 5.22. The van der Waals surface area contributed by atoms with E-state index in [9.17, 15) is 0 Å². The van der Waals surface area contributed by atoms with Crippen LogP contribution in [-0.4, -0.2) is 38.3 Å². The van der Waals surface area contributed by atoms with E-state index < -0.39 is 0 Å². The van der Waals surface area contributed by atoms with Crippen LogP contribution >= 0.6 is 0 Å². The Labute approximate surface area is 71.5 Å². The summed E-state index contributed by atoms with van der Waals surface area (Å²) in [7, 11) is 2.13. The van der Waals surface area contributed by atoms with Crippen molar-refractivity contribution in [2.45, 2.75) is 27.7 Å². The molecule has 0 aromatic rings. The van der Waals surface area contributed by atoms with Crippen molar-refractivity contribution < 1.29 is 4.74 Å². The second kappa shape index (κ2) is 9.92. The molecule has 1 heterocycles. The van der Waals surface area contributed by atoms with Crippen molar-refractivity contribution in [1.82, 2.24) is 4.90 Å². The van der Waals surface area contributed by atoms with Gasteiger partial charge in [-0.1, -0.05) is 21.3 Å². The first kappa shape index (κ1) is 13.5. The molecule has 0 saturated carbocycles. The van der Waals surface area contributed by atoms with E-state index in [1.54, 1.807) is 0 Å². The summed E-state index contributed by atoms with van der Waals surface area (Å²) in [5.74, 6) is 0. The predicted octanol–water partition coefficient (Wildman–Crippen LogP) is 2.00. The fraction of sp³-hybridized carbons (Fsp3) is 1.00. The van der Waals surface area contributed by atoms with Crippen LogP contribution in [0.15, 0.2) is 0 Å². The average Bonchev–Trinajstić information content (AvgIpc) is 2.21. The molecule has 1 aliphatic heterocycles. The van der Waals surface area contributed by atoms with Crippen LogP contribution in [0.4, 0.5) is 0 Å². The van der Waals surface area contributed by atoms with Crippen molar-refractivity contribution in [1.29, 1.82) is 0 Å². The van der Waals surface area contributed by atoms with E-state index in [1.165, 1.54) is 13.0 Å². The lowest BCUT2D eigenvalue weighted by Gasteiger charge is -2.09. The lowest BCUT2D eigenvalue weighted by molar-refractivity contribution is 0.144. The molecule has 0 aliphatic carbocycles. The quantitative estimate of drug-likeness (QED) is 0.539. The molecule has 1 aliphatic rings. The topological polar surface area (TPSA) is 12.5 Å². The highest BCUT2D eigenvalue weighted by atomic mass is 16.5. The third-order valence-electron chi connectivity index (χ3n) is 1.45. The molecule has 0 aromatic heterocycles. The zero-order valence-corrected chi connectivity index (χ0v) is 7.39. The van der Waals surface area contributed by atoms with Crippen LogP contribution in [0.2, 0.25) is 0 Å². The van der Waals surface area contributed by atoms with Gasteiger partial charge in [-0.2, -0.15) is 0 Å². The number of nitrogens with zero attached hydrogens (tertiary/aromatic N) is 1. The normalized spacial score (nSPS) is 18.8. The molecule has 0 unspecified atom stereocenters. The molecule has 1 rings (SSSR count). The van der Waals surface area contributed by atoms with Crippen LogP contribution in [-0.2, 0) is 4.74 Å². The summed E-state index contributed by atoms with van der Waals surface area (Å²) in [4.78, 5) is 2.30. The Balaban J connectivity index is 0. The van der Waals surface area contributed by atoms with Crippen molar-refractivity contribution in [3.8, 4) is 0 Å². The maximum Gasteiger partial charge on any atom is 0.0593 e. The molecular weight excluding hydrogens is 138 g/mol. The van der Waals surface area contributed by atoms with Crippen LogP contribution in [0, 0.1) is 0 Å². The minimum Gasteiger partial charge on any atom is -0.380 e. The Kier molecular flexibility index (Phi) is 12.2. The van der Waals surface area contributed by atoms with Gasteiger partial charge in [0.2, 0.25) is 0 Å². The average molecular weight is 161 g/mol. The Morgan fingerprint density at radius 3 is 2.36 bits per heavy atom. The highest BCUT2D eigenvalue weighted by Gasteiger charge is 2.01. The standard InChI is InChI=1S/C6H13NO.C2H6.CH4/c1-7-3-2-5-8-6-4-7;1-2;/h2-6H2,1H3;1-2H3;1H4. The Morgan fingerprint density at radius 1 is 1.09 bits per heavy atom. The van der Waals surface area contributed by atoms with Crippen LogP contribution in [0.5, 0.6) is 0 Å². The van der Waals surface area contributed by atoms with E-state index in [4.69, 9.17) is 4.74 Å². The molecule has 0 N–H and O–H groups in total. The van der Waals surface area contributed by atoms with Gasteiger partial charge in [0, 0.05) is 19.7 Å². The van der Waals surface area contributed by atoms with E-state index >= 15 is 0 Å². The molecule has 1 fully saturated rings. The first-order valence-corrected chi connectivity index (χ1v) is 4.16. The number of hydrogen-bond acceptors (Lipinski definition) is 2. The van der Waals surface area contributed by atoms with Gasteiger partial charge in [0.15, 0.2) is 0 Å². The summed E-state index contributed by atoms with van der Waals surface area (Å²) >= 11 is 0. The Morgan fingerprint density at radius 2 is 1.73 bits per heavy atom. The molecule has 0 amide bonds. The van der Waals surface area contributed by atoms with Crippen molar-refractivity contribution in [3.05, 3.63) is 0 Å². The summed E-state index contributed by atoms with van der Waals surface area (Å²) < 4.78 is 5.22. The van der Waals surface area contributed by atoms with E-state index in [0.717, 1.165) is 19.8 Å². The maximum absolute atomic E-state index is 5.22. The summed E-state index contributed by atoms with van der Waals surface area (Å²) in [6.07, 6.45) is 1.19. The summed E-state index contributed by atoms with van der Waals surface area (Å²) in [6, 6.07) is 0. The lowest BCUT2D eigenvalue weighted by Crippen LogP contribution is -2.20. The molecule has 0 radical (unpaired) electrons. The van der Waals surface area contributed by atoms with Crippen molar-refractivity contribution in [3.63, 3.8) is 0 Å². The van der Waals surface area contributed by atoms with Gasteiger partial charge in [-0.3, -0.25) is 0 Å². The van der Waals surface area contributed by atoms with Crippen LogP contribution in [0.3, 0.4) is 0 Å². The third-order valence-corrected chi connectivity index (χ3v) is 1.45.